The molecule has 0 spiro atoms. The van der Waals surface area contributed by atoms with Crippen LogP contribution in [0, 0.1) is 5.82 Å². The van der Waals surface area contributed by atoms with Gasteiger partial charge in [0, 0.05) is 12.2 Å². The summed E-state index contributed by atoms with van der Waals surface area (Å²) in [4.78, 5) is 16.2. The third-order valence-electron chi connectivity index (χ3n) is 3.05. The Morgan fingerprint density at radius 3 is 3.10 bits per heavy atom. The third-order valence-corrected chi connectivity index (χ3v) is 3.05. The van der Waals surface area contributed by atoms with E-state index >= 15 is 0 Å². The zero-order valence-corrected chi connectivity index (χ0v) is 12.0. The maximum atomic E-state index is 13.1. The summed E-state index contributed by atoms with van der Waals surface area (Å²) < 4.78 is 23.9. The number of carbonyl (C=O) groups excluding carboxylic acids is 1. The zero-order chi connectivity index (χ0) is 15.1. The summed E-state index contributed by atoms with van der Waals surface area (Å²) in [6.07, 6.45) is 2.06. The van der Waals surface area contributed by atoms with E-state index in [1.807, 2.05) is 0 Å². The van der Waals surface area contributed by atoms with Crippen LogP contribution in [0.3, 0.4) is 0 Å². The highest BCUT2D eigenvalue weighted by Gasteiger charge is 2.16. The van der Waals surface area contributed by atoms with Gasteiger partial charge in [0.25, 0.3) is 11.9 Å². The number of amidine groups is 1. The van der Waals surface area contributed by atoms with Crippen LogP contribution in [-0.4, -0.2) is 37.8 Å². The number of hydrogen-bond acceptors (Lipinski definition) is 4. The van der Waals surface area contributed by atoms with Crippen LogP contribution in [0.15, 0.2) is 29.3 Å². The van der Waals surface area contributed by atoms with Crippen molar-refractivity contribution in [3.8, 4) is 0 Å². The van der Waals surface area contributed by atoms with Gasteiger partial charge >= 0.3 is 0 Å². The number of aliphatic imine (C=N–C) groups is 1. The van der Waals surface area contributed by atoms with E-state index < -0.39 is 11.7 Å². The molecule has 1 atom stereocenters. The molecule has 1 aliphatic heterocycles. The fraction of sp³-hybridized carbons (Fsp3) is 0.467. The van der Waals surface area contributed by atoms with Crippen molar-refractivity contribution in [1.82, 2.24) is 5.32 Å². The van der Waals surface area contributed by atoms with Gasteiger partial charge < -0.3 is 9.47 Å². The lowest BCUT2D eigenvalue weighted by molar-refractivity contribution is 0.0963. The number of carbonyl (C=O) groups is 1. The number of nitrogens with one attached hydrogen (secondary N) is 1. The summed E-state index contributed by atoms with van der Waals surface area (Å²) in [5.41, 5.74) is 0.222. The van der Waals surface area contributed by atoms with Crippen molar-refractivity contribution in [3.05, 3.63) is 35.6 Å². The van der Waals surface area contributed by atoms with Gasteiger partial charge in [0.2, 0.25) is 0 Å². The molecule has 0 aliphatic carbocycles. The van der Waals surface area contributed by atoms with E-state index in [0.717, 1.165) is 19.4 Å². The molecule has 6 heteroatoms. The quantitative estimate of drug-likeness (QED) is 0.683. The summed E-state index contributed by atoms with van der Waals surface area (Å²) in [5.74, 6) is -0.911. The molecule has 1 aromatic carbocycles. The highest BCUT2D eigenvalue weighted by Crippen LogP contribution is 2.12. The zero-order valence-electron chi connectivity index (χ0n) is 12.0. The van der Waals surface area contributed by atoms with Crippen LogP contribution >= 0.6 is 0 Å². The van der Waals surface area contributed by atoms with Crippen molar-refractivity contribution in [2.45, 2.75) is 25.9 Å². The standard InChI is InChI=1S/C15H19FN2O3/c1-2-20-15(17-10-13-7-4-8-21-13)18-14(19)11-5-3-6-12(16)9-11/h3,5-6,9,13H,2,4,7-8,10H2,1H3,(H,17,18,19)/t13-/m0/s1. The van der Waals surface area contributed by atoms with Crippen LogP contribution in [0.5, 0.6) is 0 Å². The lowest BCUT2D eigenvalue weighted by Crippen LogP contribution is -2.33. The second-order valence-corrected chi connectivity index (χ2v) is 4.68. The van der Waals surface area contributed by atoms with Gasteiger partial charge in [-0.05, 0) is 38.0 Å². The number of amides is 1. The van der Waals surface area contributed by atoms with Crippen molar-refractivity contribution in [1.29, 1.82) is 0 Å². The smallest absolute Gasteiger partial charge is 0.291 e. The fourth-order valence-electron chi connectivity index (χ4n) is 2.03. The Balaban J connectivity index is 1.97. The van der Waals surface area contributed by atoms with E-state index in [1.54, 1.807) is 6.92 Å². The van der Waals surface area contributed by atoms with Crippen LogP contribution in [0.1, 0.15) is 30.1 Å². The van der Waals surface area contributed by atoms with E-state index in [4.69, 9.17) is 9.47 Å². The molecule has 0 saturated carbocycles. The summed E-state index contributed by atoms with van der Waals surface area (Å²) >= 11 is 0. The molecular formula is C15H19FN2O3. The van der Waals surface area contributed by atoms with Crippen molar-refractivity contribution in [2.75, 3.05) is 19.8 Å². The molecule has 21 heavy (non-hydrogen) atoms. The average molecular weight is 294 g/mol. The SMILES string of the molecule is CCOC(=NC[C@@H]1CCCO1)NC(=O)c1cccc(F)c1. The first-order chi connectivity index (χ1) is 10.2. The number of hydrogen-bond donors (Lipinski definition) is 1. The monoisotopic (exact) mass is 294 g/mol. The molecule has 0 bridgehead atoms. The van der Waals surface area contributed by atoms with Gasteiger partial charge in [0.1, 0.15) is 5.82 Å². The average Bonchev–Trinajstić information content (AvgIpc) is 2.98. The maximum absolute atomic E-state index is 13.1. The number of rotatable bonds is 4. The first kappa shape index (κ1) is 15.4. The Hall–Kier alpha value is -1.95. The predicted molar refractivity (Wildman–Crippen MR) is 76.8 cm³/mol. The van der Waals surface area contributed by atoms with Crippen molar-refractivity contribution >= 4 is 11.9 Å². The number of ether oxygens (including phenoxy) is 2. The highest BCUT2D eigenvalue weighted by atomic mass is 19.1. The number of nitrogens with zero attached hydrogens (tertiary/aromatic N) is 1. The van der Waals surface area contributed by atoms with Crippen molar-refractivity contribution in [3.63, 3.8) is 0 Å². The molecule has 0 unspecified atom stereocenters. The molecule has 0 aromatic heterocycles. The van der Waals surface area contributed by atoms with Gasteiger partial charge in [-0.2, -0.15) is 0 Å². The van der Waals surface area contributed by atoms with Crippen LogP contribution in [-0.2, 0) is 9.47 Å². The molecule has 2 rings (SSSR count). The molecule has 1 saturated heterocycles. The number of benzene rings is 1. The minimum absolute atomic E-state index is 0.0755. The highest BCUT2D eigenvalue weighted by molar-refractivity contribution is 6.04. The van der Waals surface area contributed by atoms with Gasteiger partial charge in [0.15, 0.2) is 0 Å². The Labute approximate surface area is 123 Å². The normalized spacial score (nSPS) is 18.6. The maximum Gasteiger partial charge on any atom is 0.291 e. The second-order valence-electron chi connectivity index (χ2n) is 4.68. The van der Waals surface area contributed by atoms with Crippen molar-refractivity contribution in [2.24, 2.45) is 4.99 Å². The summed E-state index contributed by atoms with van der Waals surface area (Å²) in [6, 6.07) is 5.60. The Morgan fingerprint density at radius 2 is 2.43 bits per heavy atom. The van der Waals surface area contributed by atoms with Crippen LogP contribution in [0.4, 0.5) is 4.39 Å². The largest absolute Gasteiger partial charge is 0.465 e. The Morgan fingerprint density at radius 1 is 1.57 bits per heavy atom. The van der Waals surface area contributed by atoms with E-state index in [9.17, 15) is 9.18 Å². The molecule has 1 aromatic rings. The molecule has 1 N–H and O–H groups in total. The van der Waals surface area contributed by atoms with Crippen LogP contribution in [0.25, 0.3) is 0 Å². The van der Waals surface area contributed by atoms with Gasteiger partial charge in [-0.25, -0.2) is 9.38 Å². The molecule has 1 amide bonds. The van der Waals surface area contributed by atoms with Gasteiger partial charge in [-0.3, -0.25) is 10.1 Å². The Bertz CT molecular complexity index is 513. The third kappa shape index (κ3) is 4.82. The second kappa shape index (κ2) is 7.73. The van der Waals surface area contributed by atoms with Gasteiger partial charge in [-0.1, -0.05) is 6.07 Å². The first-order valence-electron chi connectivity index (χ1n) is 7.05. The van der Waals surface area contributed by atoms with Crippen molar-refractivity contribution < 1.29 is 18.7 Å². The Kier molecular flexibility index (Phi) is 5.68. The lowest BCUT2D eigenvalue weighted by atomic mass is 10.2. The molecule has 1 fully saturated rings. The van der Waals surface area contributed by atoms with Gasteiger partial charge in [-0.15, -0.1) is 0 Å². The molecule has 1 aliphatic rings. The molecule has 114 valence electrons. The van der Waals surface area contributed by atoms with E-state index in [2.05, 4.69) is 10.3 Å². The summed E-state index contributed by atoms with van der Waals surface area (Å²) in [5, 5.41) is 2.55. The summed E-state index contributed by atoms with van der Waals surface area (Å²) in [7, 11) is 0. The molecule has 1 heterocycles. The minimum atomic E-state index is -0.461. The minimum Gasteiger partial charge on any atom is -0.465 e. The molecule has 0 radical (unpaired) electrons. The molecule has 5 nitrogen and oxygen atoms in total. The van der Waals surface area contributed by atoms with Crippen LogP contribution < -0.4 is 5.32 Å². The van der Waals surface area contributed by atoms with Gasteiger partial charge in [0.05, 0.1) is 19.3 Å². The predicted octanol–water partition coefficient (Wildman–Crippen LogP) is 2.13. The van der Waals surface area contributed by atoms with E-state index in [1.165, 1.54) is 24.3 Å². The fourth-order valence-corrected chi connectivity index (χ4v) is 2.03. The molecular weight excluding hydrogens is 275 g/mol. The van der Waals surface area contributed by atoms with E-state index in [-0.39, 0.29) is 17.7 Å². The first-order valence-corrected chi connectivity index (χ1v) is 7.05. The number of halogens is 1. The van der Waals surface area contributed by atoms with Crippen LogP contribution in [0.2, 0.25) is 0 Å². The topological polar surface area (TPSA) is 59.9 Å². The summed E-state index contributed by atoms with van der Waals surface area (Å²) in [6.45, 7) is 3.38. The lowest BCUT2D eigenvalue weighted by Gasteiger charge is -2.11. The van der Waals surface area contributed by atoms with E-state index in [0.29, 0.717) is 13.2 Å².